The van der Waals surface area contributed by atoms with E-state index in [4.69, 9.17) is 4.74 Å². The Hall–Kier alpha value is -2.75. The van der Waals surface area contributed by atoms with Crippen molar-refractivity contribution in [3.63, 3.8) is 0 Å². The largest absolute Gasteiger partial charge is 0.379 e. The van der Waals surface area contributed by atoms with E-state index in [0.29, 0.717) is 31.1 Å². The summed E-state index contributed by atoms with van der Waals surface area (Å²) in [6.07, 6.45) is 7.58. The second-order valence-electron chi connectivity index (χ2n) is 8.24. The summed E-state index contributed by atoms with van der Waals surface area (Å²) in [5.41, 5.74) is 1.12. The van der Waals surface area contributed by atoms with Crippen molar-refractivity contribution in [2.24, 2.45) is 0 Å². The van der Waals surface area contributed by atoms with Gasteiger partial charge in [-0.05, 0) is 39.0 Å². The van der Waals surface area contributed by atoms with Crippen LogP contribution >= 0.6 is 0 Å². The summed E-state index contributed by atoms with van der Waals surface area (Å²) in [6, 6.07) is 0.114. The summed E-state index contributed by atoms with van der Waals surface area (Å²) >= 11 is 0. The van der Waals surface area contributed by atoms with Crippen molar-refractivity contribution in [3.8, 4) is 0 Å². The lowest BCUT2D eigenvalue weighted by molar-refractivity contribution is 0.0688. The van der Waals surface area contributed by atoms with E-state index in [1.165, 1.54) is 6.33 Å². The molecule has 2 aliphatic heterocycles. The minimum Gasteiger partial charge on any atom is -0.379 e. The number of aromatic amines is 1. The van der Waals surface area contributed by atoms with Crippen LogP contribution in [0.25, 0.3) is 0 Å². The average molecular weight is 399 g/mol. The normalized spacial score (nSPS) is 28.7. The number of H-pyrrole nitrogens is 1. The predicted octanol–water partition coefficient (Wildman–Crippen LogP) is 0.838. The van der Waals surface area contributed by atoms with Gasteiger partial charge in [0.15, 0.2) is 5.69 Å². The molecule has 2 N–H and O–H groups in total. The number of likely N-dealkylation sites (tertiary alicyclic amines) is 1. The fourth-order valence-corrected chi connectivity index (χ4v) is 5.03. The lowest BCUT2D eigenvalue weighted by Crippen LogP contribution is -2.54. The van der Waals surface area contributed by atoms with Gasteiger partial charge in [-0.15, -0.1) is 5.10 Å². The van der Waals surface area contributed by atoms with Crippen LogP contribution in [0, 0.1) is 6.92 Å². The predicted molar refractivity (Wildman–Crippen MR) is 101 cm³/mol. The Morgan fingerprint density at radius 2 is 2.24 bits per heavy atom. The number of carbonyl (C=O) groups is 2. The summed E-state index contributed by atoms with van der Waals surface area (Å²) in [7, 11) is 0. The number of hydrogen-bond acceptors (Lipinski definition) is 6. The minimum absolute atomic E-state index is 0.0295. The van der Waals surface area contributed by atoms with Crippen LogP contribution in [0.2, 0.25) is 0 Å². The van der Waals surface area contributed by atoms with Gasteiger partial charge in [0.2, 0.25) is 0 Å². The molecule has 3 aliphatic rings. The van der Waals surface area contributed by atoms with E-state index in [9.17, 15) is 9.59 Å². The van der Waals surface area contributed by atoms with Gasteiger partial charge in [0.25, 0.3) is 11.8 Å². The Balaban J connectivity index is 1.33. The molecule has 0 bridgehead atoms. The summed E-state index contributed by atoms with van der Waals surface area (Å²) in [4.78, 5) is 34.9. The van der Waals surface area contributed by atoms with Gasteiger partial charge < -0.3 is 19.9 Å². The lowest BCUT2D eigenvalue weighted by Gasteiger charge is -2.32. The molecule has 2 amide bonds. The van der Waals surface area contributed by atoms with Crippen LogP contribution < -0.4 is 5.32 Å². The van der Waals surface area contributed by atoms with Gasteiger partial charge in [-0.3, -0.25) is 9.59 Å². The van der Waals surface area contributed by atoms with Gasteiger partial charge in [-0.2, -0.15) is 0 Å². The minimum atomic E-state index is -0.395. The summed E-state index contributed by atoms with van der Waals surface area (Å²) in [6.45, 7) is 3.74. The number of aromatic nitrogens is 5. The highest BCUT2D eigenvalue weighted by Gasteiger charge is 2.53. The Kier molecular flexibility index (Phi) is 4.38. The van der Waals surface area contributed by atoms with Crippen molar-refractivity contribution >= 4 is 11.8 Å². The third-order valence-corrected chi connectivity index (χ3v) is 6.59. The second-order valence-corrected chi connectivity index (χ2v) is 8.24. The Labute approximate surface area is 168 Å². The van der Waals surface area contributed by atoms with E-state index >= 15 is 0 Å². The Bertz CT molecular complexity index is 932. The lowest BCUT2D eigenvalue weighted by atomic mass is 9.92. The average Bonchev–Trinajstić information content (AvgIpc) is 3.48. The number of carbonyl (C=O) groups excluding carboxylic acids is 2. The number of amides is 2. The van der Waals surface area contributed by atoms with Crippen molar-refractivity contribution in [3.05, 3.63) is 29.6 Å². The zero-order chi connectivity index (χ0) is 20.0. The molecule has 2 aromatic rings. The molecular formula is C19H25N7O3. The highest BCUT2D eigenvalue weighted by molar-refractivity contribution is 5.95. The van der Waals surface area contributed by atoms with Gasteiger partial charge in [-0.1, -0.05) is 5.21 Å². The Morgan fingerprint density at radius 1 is 1.34 bits per heavy atom. The van der Waals surface area contributed by atoms with Gasteiger partial charge in [0.05, 0.1) is 36.8 Å². The number of nitrogens with one attached hydrogen (secondary N) is 2. The molecule has 1 saturated carbocycles. The van der Waals surface area contributed by atoms with Crippen molar-refractivity contribution < 1.29 is 14.3 Å². The zero-order valence-corrected chi connectivity index (χ0v) is 16.4. The second kappa shape index (κ2) is 6.94. The number of aryl methyl sites for hydroxylation is 1. The van der Waals surface area contributed by atoms with Gasteiger partial charge in [0, 0.05) is 18.8 Å². The number of rotatable bonds is 4. The number of nitrogens with zero attached hydrogens (tertiary/aromatic N) is 5. The van der Waals surface area contributed by atoms with E-state index in [-0.39, 0.29) is 23.9 Å². The molecule has 0 aromatic carbocycles. The Morgan fingerprint density at radius 3 is 3.00 bits per heavy atom. The fraction of sp³-hybridized carbons (Fsp3) is 0.632. The molecule has 3 atom stereocenters. The van der Waals surface area contributed by atoms with Crippen LogP contribution in [-0.2, 0) is 4.74 Å². The zero-order valence-electron chi connectivity index (χ0n) is 16.4. The smallest absolute Gasteiger partial charge is 0.276 e. The van der Waals surface area contributed by atoms with Gasteiger partial charge >= 0.3 is 0 Å². The van der Waals surface area contributed by atoms with Crippen molar-refractivity contribution in [1.29, 1.82) is 0 Å². The molecule has 2 saturated heterocycles. The monoisotopic (exact) mass is 399 g/mol. The SMILES string of the molecule is Cc1[nH]cnc1C(=O)NC12CCCC1N(C(=O)c1cn(C3CCOC3)nn1)CC2. The maximum absolute atomic E-state index is 13.2. The molecule has 154 valence electrons. The molecule has 1 aliphatic carbocycles. The first-order valence-corrected chi connectivity index (χ1v) is 10.2. The highest BCUT2D eigenvalue weighted by Crippen LogP contribution is 2.42. The van der Waals surface area contributed by atoms with Crippen LogP contribution in [0.3, 0.4) is 0 Å². The van der Waals surface area contributed by atoms with Gasteiger partial charge in [-0.25, -0.2) is 9.67 Å². The molecule has 3 unspecified atom stereocenters. The van der Waals surface area contributed by atoms with Crippen molar-refractivity contribution in [2.45, 2.75) is 56.7 Å². The number of imidazole rings is 1. The fourth-order valence-electron chi connectivity index (χ4n) is 5.03. The molecule has 2 aromatic heterocycles. The third kappa shape index (κ3) is 3.02. The van der Waals surface area contributed by atoms with E-state index in [2.05, 4.69) is 25.6 Å². The summed E-state index contributed by atoms with van der Waals surface area (Å²) < 4.78 is 7.13. The number of hydrogen-bond donors (Lipinski definition) is 2. The van der Waals surface area contributed by atoms with Crippen molar-refractivity contribution in [1.82, 2.24) is 35.2 Å². The van der Waals surface area contributed by atoms with Crippen LogP contribution in [0.15, 0.2) is 12.5 Å². The molecular weight excluding hydrogens is 374 g/mol. The van der Waals surface area contributed by atoms with Gasteiger partial charge in [0.1, 0.15) is 5.69 Å². The molecule has 3 fully saturated rings. The summed E-state index contributed by atoms with van der Waals surface area (Å²) in [5.74, 6) is -0.300. The first-order chi connectivity index (χ1) is 14.1. The number of ether oxygens (including phenoxy) is 1. The maximum Gasteiger partial charge on any atom is 0.276 e. The first kappa shape index (κ1) is 18.3. The van der Waals surface area contributed by atoms with E-state index in [1.54, 1.807) is 10.9 Å². The molecule has 0 spiro atoms. The van der Waals surface area contributed by atoms with E-state index < -0.39 is 5.54 Å². The molecule has 29 heavy (non-hydrogen) atoms. The van der Waals surface area contributed by atoms with E-state index in [1.807, 2.05) is 11.8 Å². The molecule has 10 nitrogen and oxygen atoms in total. The van der Waals surface area contributed by atoms with Crippen LogP contribution in [0.1, 0.15) is 64.8 Å². The van der Waals surface area contributed by atoms with Crippen molar-refractivity contribution in [2.75, 3.05) is 19.8 Å². The standard InChI is InChI=1S/C19H25N7O3/c1-12-16(21-11-20-12)17(27)22-19-5-2-3-15(19)25(7-6-19)18(28)14-9-26(24-23-14)13-4-8-29-10-13/h9,11,13,15H,2-8,10H2,1H3,(H,20,21)(H,22,27). The third-order valence-electron chi connectivity index (χ3n) is 6.59. The topological polar surface area (TPSA) is 118 Å². The highest BCUT2D eigenvalue weighted by atomic mass is 16.5. The molecule has 0 radical (unpaired) electrons. The van der Waals surface area contributed by atoms with Crippen LogP contribution in [0.4, 0.5) is 0 Å². The quantitative estimate of drug-likeness (QED) is 0.787. The van der Waals surface area contributed by atoms with E-state index in [0.717, 1.165) is 37.8 Å². The first-order valence-electron chi connectivity index (χ1n) is 10.2. The van der Waals surface area contributed by atoms with Crippen LogP contribution in [-0.4, -0.2) is 73.0 Å². The van der Waals surface area contributed by atoms with Crippen LogP contribution in [0.5, 0.6) is 0 Å². The molecule has 5 rings (SSSR count). The summed E-state index contributed by atoms with van der Waals surface area (Å²) in [5, 5.41) is 11.5. The maximum atomic E-state index is 13.2. The molecule has 4 heterocycles. The molecule has 10 heteroatoms. The number of fused-ring (bicyclic) bond motifs is 1.